The number of nitrogens with one attached hydrogen (secondary N) is 1. The number of hydrogen-bond acceptors (Lipinski definition) is 5. The summed E-state index contributed by atoms with van der Waals surface area (Å²) < 4.78 is 31.2. The highest BCUT2D eigenvalue weighted by molar-refractivity contribution is 7.89. The van der Waals surface area contributed by atoms with Crippen LogP contribution in [-0.4, -0.2) is 20.9 Å². The molecule has 0 fully saturated rings. The molecule has 0 saturated heterocycles. The summed E-state index contributed by atoms with van der Waals surface area (Å²) in [5.74, 6) is -0.117. The number of nitrogens with two attached hydrogens (primary N) is 2. The van der Waals surface area contributed by atoms with Crippen molar-refractivity contribution in [2.75, 3.05) is 11.9 Å². The lowest BCUT2D eigenvalue weighted by Gasteiger charge is -2.24. The lowest BCUT2D eigenvalue weighted by molar-refractivity contribution is 0.0998. The molecule has 0 bridgehead atoms. The highest BCUT2D eigenvalue weighted by Crippen LogP contribution is 2.43. The van der Waals surface area contributed by atoms with Gasteiger partial charge in [0.05, 0.1) is 5.69 Å². The van der Waals surface area contributed by atoms with E-state index in [0.29, 0.717) is 30.0 Å². The molecule has 7 nitrogen and oxygen atoms in total. The summed E-state index contributed by atoms with van der Waals surface area (Å²) in [7, 11) is -4.20. The predicted octanol–water partition coefficient (Wildman–Crippen LogP) is 3.56. The zero-order chi connectivity index (χ0) is 21.6. The third-order valence-electron chi connectivity index (χ3n) is 4.65. The average molecular weight is 420 g/mol. The van der Waals surface area contributed by atoms with Gasteiger partial charge in [-0.1, -0.05) is 45.4 Å². The largest absolute Gasteiger partial charge is 0.454 e. The highest BCUT2D eigenvalue weighted by Gasteiger charge is 2.31. The van der Waals surface area contributed by atoms with Crippen molar-refractivity contribution in [3.05, 3.63) is 47.0 Å². The number of para-hydroxylation sites is 1. The fraction of sp³-hybridized carbons (Fsp3) is 0.381. The minimum atomic E-state index is -4.20. The number of carbonyl (C=O) groups excluding carboxylic acids is 1. The molecule has 0 spiro atoms. The van der Waals surface area contributed by atoms with Gasteiger partial charge < -0.3 is 15.8 Å². The lowest BCUT2D eigenvalue weighted by atomic mass is 9.94. The quantitative estimate of drug-likeness (QED) is 0.508. The Balaban J connectivity index is 2.92. The van der Waals surface area contributed by atoms with Crippen LogP contribution in [0.5, 0.6) is 11.5 Å². The lowest BCUT2D eigenvalue weighted by Crippen LogP contribution is -2.24. The fourth-order valence-electron chi connectivity index (χ4n) is 3.38. The fourth-order valence-corrected chi connectivity index (χ4v) is 4.37. The van der Waals surface area contributed by atoms with E-state index in [1.165, 1.54) is 0 Å². The van der Waals surface area contributed by atoms with Gasteiger partial charge in [-0.2, -0.15) is 0 Å². The van der Waals surface area contributed by atoms with Crippen molar-refractivity contribution >= 4 is 21.6 Å². The molecule has 2 rings (SSSR count). The van der Waals surface area contributed by atoms with Crippen molar-refractivity contribution in [1.82, 2.24) is 0 Å². The average Bonchev–Trinajstić information content (AvgIpc) is 2.67. The second-order valence-electron chi connectivity index (χ2n) is 6.68. The van der Waals surface area contributed by atoms with E-state index in [9.17, 15) is 13.2 Å². The van der Waals surface area contributed by atoms with Gasteiger partial charge in [0.25, 0.3) is 0 Å². The minimum absolute atomic E-state index is 0.105. The third-order valence-corrected chi connectivity index (χ3v) is 5.65. The van der Waals surface area contributed by atoms with Gasteiger partial charge in [-0.05, 0) is 42.5 Å². The van der Waals surface area contributed by atoms with Gasteiger partial charge in [0.1, 0.15) is 10.6 Å². The van der Waals surface area contributed by atoms with Crippen LogP contribution in [0.4, 0.5) is 5.69 Å². The number of ether oxygens (including phenoxy) is 1. The van der Waals surface area contributed by atoms with E-state index in [1.807, 2.05) is 13.0 Å². The molecule has 8 heteroatoms. The van der Waals surface area contributed by atoms with E-state index in [4.69, 9.17) is 15.6 Å². The zero-order valence-corrected chi connectivity index (χ0v) is 17.9. The maximum atomic E-state index is 12.6. The minimum Gasteiger partial charge on any atom is -0.454 e. The van der Waals surface area contributed by atoms with Crippen LogP contribution in [-0.2, 0) is 22.9 Å². The molecule has 0 atom stereocenters. The second kappa shape index (κ2) is 9.76. The normalized spacial score (nSPS) is 11.3. The van der Waals surface area contributed by atoms with Gasteiger partial charge in [-0.25, -0.2) is 13.6 Å². The Bertz CT molecular complexity index is 973. The number of primary amides is 1. The first-order valence-electron chi connectivity index (χ1n) is 9.77. The van der Waals surface area contributed by atoms with E-state index in [-0.39, 0.29) is 28.2 Å². The summed E-state index contributed by atoms with van der Waals surface area (Å²) in [5, 5.41) is 8.84. The summed E-state index contributed by atoms with van der Waals surface area (Å²) in [6.45, 7) is 6.28. The molecular weight excluding hydrogens is 390 g/mol. The molecule has 0 aliphatic rings. The van der Waals surface area contributed by atoms with Gasteiger partial charge in [0.2, 0.25) is 15.9 Å². The Morgan fingerprint density at radius 3 is 2.17 bits per heavy atom. The van der Waals surface area contributed by atoms with E-state index < -0.39 is 15.9 Å². The molecule has 0 heterocycles. The number of unbranched alkanes of at least 4 members (excludes halogenated alkanes) is 1. The van der Waals surface area contributed by atoms with E-state index in [0.717, 1.165) is 12.8 Å². The number of hydrogen-bond donors (Lipinski definition) is 3. The summed E-state index contributed by atoms with van der Waals surface area (Å²) in [5.41, 5.74) is 7.21. The SMILES string of the molecule is CCCCNc1c(CC)c(C(N)=O)c(CC)c(S(N)(=O)=O)c1Oc1ccccc1. The summed E-state index contributed by atoms with van der Waals surface area (Å²) in [6, 6.07) is 8.85. The van der Waals surface area contributed by atoms with Crippen LogP contribution in [0.15, 0.2) is 35.2 Å². The van der Waals surface area contributed by atoms with Crippen LogP contribution in [0.1, 0.15) is 55.1 Å². The van der Waals surface area contributed by atoms with Crippen molar-refractivity contribution < 1.29 is 17.9 Å². The molecule has 0 saturated carbocycles. The van der Waals surface area contributed by atoms with Crippen LogP contribution in [0.2, 0.25) is 0 Å². The van der Waals surface area contributed by atoms with Crippen LogP contribution in [0.25, 0.3) is 0 Å². The predicted molar refractivity (Wildman–Crippen MR) is 115 cm³/mol. The van der Waals surface area contributed by atoms with Gasteiger partial charge in [0.15, 0.2) is 5.75 Å². The molecule has 0 aliphatic heterocycles. The first kappa shape index (κ1) is 22.7. The van der Waals surface area contributed by atoms with E-state index in [1.54, 1.807) is 31.2 Å². The smallest absolute Gasteiger partial charge is 0.249 e. The summed E-state index contributed by atoms with van der Waals surface area (Å²) in [6.07, 6.45) is 2.54. The maximum absolute atomic E-state index is 12.6. The molecule has 2 aromatic rings. The Labute approximate surface area is 172 Å². The zero-order valence-electron chi connectivity index (χ0n) is 17.1. The maximum Gasteiger partial charge on any atom is 0.249 e. The number of rotatable bonds is 10. The van der Waals surface area contributed by atoms with Gasteiger partial charge in [-0.3, -0.25) is 4.79 Å². The van der Waals surface area contributed by atoms with E-state index >= 15 is 0 Å². The third kappa shape index (κ3) is 5.07. The second-order valence-corrected chi connectivity index (χ2v) is 8.18. The molecule has 0 aromatic heterocycles. The standard InChI is InChI=1S/C21H29N3O4S/c1-4-7-13-24-18-15(5-2)17(21(22)25)16(6-3)20(29(23,26)27)19(18)28-14-11-9-8-10-12-14/h8-12,24H,4-7,13H2,1-3H3,(H2,22,25)(H2,23,26,27). The van der Waals surface area contributed by atoms with Crippen LogP contribution in [0.3, 0.4) is 0 Å². The van der Waals surface area contributed by atoms with Crippen molar-refractivity contribution in [2.45, 2.75) is 51.3 Å². The van der Waals surface area contributed by atoms with Gasteiger partial charge in [-0.15, -0.1) is 0 Å². The number of primary sulfonamides is 1. The van der Waals surface area contributed by atoms with Gasteiger partial charge in [0, 0.05) is 12.1 Å². The van der Waals surface area contributed by atoms with Crippen molar-refractivity contribution in [1.29, 1.82) is 0 Å². The Kier molecular flexibility index (Phi) is 7.64. The highest BCUT2D eigenvalue weighted by atomic mass is 32.2. The Morgan fingerprint density at radius 1 is 1.07 bits per heavy atom. The first-order valence-corrected chi connectivity index (χ1v) is 11.3. The van der Waals surface area contributed by atoms with Crippen LogP contribution < -0.4 is 20.9 Å². The molecule has 0 aliphatic carbocycles. The molecule has 5 N–H and O–H groups in total. The first-order chi connectivity index (χ1) is 13.8. The number of carbonyl (C=O) groups is 1. The van der Waals surface area contributed by atoms with Crippen LogP contribution >= 0.6 is 0 Å². The van der Waals surface area contributed by atoms with Crippen molar-refractivity contribution in [3.8, 4) is 11.5 Å². The molecule has 1 amide bonds. The van der Waals surface area contributed by atoms with Gasteiger partial charge >= 0.3 is 0 Å². The Hall–Kier alpha value is -2.58. The number of amides is 1. The summed E-state index contributed by atoms with van der Waals surface area (Å²) in [4.78, 5) is 12.1. The monoisotopic (exact) mass is 419 g/mol. The Morgan fingerprint density at radius 2 is 1.69 bits per heavy atom. The topological polar surface area (TPSA) is 125 Å². The van der Waals surface area contributed by atoms with Crippen LogP contribution in [0, 0.1) is 0 Å². The molecule has 0 unspecified atom stereocenters. The molecule has 2 aromatic carbocycles. The molecule has 0 radical (unpaired) electrons. The molecule has 29 heavy (non-hydrogen) atoms. The van der Waals surface area contributed by atoms with Crippen molar-refractivity contribution in [2.24, 2.45) is 10.9 Å². The molecular formula is C21H29N3O4S. The summed E-state index contributed by atoms with van der Waals surface area (Å²) >= 11 is 0. The van der Waals surface area contributed by atoms with E-state index in [2.05, 4.69) is 12.2 Å². The van der Waals surface area contributed by atoms with Crippen molar-refractivity contribution in [3.63, 3.8) is 0 Å². The number of sulfonamides is 1. The molecule has 158 valence electrons. The number of anilines is 1. The number of benzene rings is 2.